The molecule has 49 heavy (non-hydrogen) atoms. The van der Waals surface area contributed by atoms with E-state index in [0.29, 0.717) is 0 Å². The summed E-state index contributed by atoms with van der Waals surface area (Å²) >= 11 is 0. The highest BCUT2D eigenvalue weighted by molar-refractivity contribution is 5.66. The highest BCUT2D eigenvalue weighted by Crippen LogP contribution is 2.59. The van der Waals surface area contributed by atoms with Crippen molar-refractivity contribution in [2.24, 2.45) is 5.92 Å². The molecule has 1 rings (SSSR count). The van der Waals surface area contributed by atoms with E-state index in [4.69, 9.17) is 0 Å². The molecule has 0 aromatic carbocycles. The van der Waals surface area contributed by atoms with Crippen molar-refractivity contribution < 1.29 is 116 Å². The summed E-state index contributed by atoms with van der Waals surface area (Å²) in [4.78, 5) is 21.0. The van der Waals surface area contributed by atoms with Crippen molar-refractivity contribution in [3.05, 3.63) is 0 Å². The number of rotatable bonds is 12. The quantitative estimate of drug-likeness (QED) is 0.194. The first-order valence-corrected chi connectivity index (χ1v) is 12.4. The first-order valence-electron chi connectivity index (χ1n) is 12.4. The molecule has 1 aliphatic rings. The van der Waals surface area contributed by atoms with Crippen molar-refractivity contribution in [2.75, 3.05) is 13.1 Å². The summed E-state index contributed by atoms with van der Waals surface area (Å²) in [6, 6.07) is -5.15. The Hall–Kier alpha value is -3.00. The number of hydrogen-bond donors (Lipinski definition) is 2. The monoisotopic (exact) mass is 780 g/mol. The second-order valence-corrected chi connectivity index (χ2v) is 10.7. The Balaban J connectivity index is 3.57. The normalized spacial score (nSPS) is 21.4. The summed E-state index contributed by atoms with van der Waals surface area (Å²) < 4.78 is 295. The minimum absolute atomic E-state index is 0.743. The summed E-state index contributed by atoms with van der Waals surface area (Å²) in [5, 5.41) is 18.5. The highest BCUT2D eigenvalue weighted by Gasteiger charge is 2.88. The number of hydrogen-bond acceptors (Lipinski definition) is 2. The van der Waals surface area contributed by atoms with Crippen LogP contribution in [0.4, 0.5) is 106 Å². The minimum Gasteiger partial charge on any atom is -0.465 e. The number of carboxylic acid groups (broad SMARTS) is 2. The summed E-state index contributed by atoms with van der Waals surface area (Å²) in [7, 11) is 0. The molecular formula is C21H18F22N2O4. The van der Waals surface area contributed by atoms with Crippen LogP contribution in [0.25, 0.3) is 0 Å². The van der Waals surface area contributed by atoms with E-state index in [0.717, 1.165) is 6.92 Å². The molecule has 1 aliphatic carbocycles. The van der Waals surface area contributed by atoms with Crippen molar-refractivity contribution in [3.63, 3.8) is 0 Å². The van der Waals surface area contributed by atoms with Crippen molar-refractivity contribution in [1.82, 2.24) is 9.80 Å². The lowest BCUT2D eigenvalue weighted by molar-refractivity contribution is -0.422. The van der Waals surface area contributed by atoms with Gasteiger partial charge < -0.3 is 10.2 Å². The van der Waals surface area contributed by atoms with Gasteiger partial charge in [0, 0.05) is 12.1 Å². The number of halogens is 22. The Morgan fingerprint density at radius 2 is 0.816 bits per heavy atom. The van der Waals surface area contributed by atoms with E-state index in [1.54, 1.807) is 0 Å². The molecule has 0 aromatic rings. The van der Waals surface area contributed by atoms with Crippen LogP contribution in [0.1, 0.15) is 26.2 Å². The van der Waals surface area contributed by atoms with Crippen LogP contribution in [-0.4, -0.2) is 117 Å². The van der Waals surface area contributed by atoms with Gasteiger partial charge in [-0.2, -0.15) is 96.6 Å². The third-order valence-corrected chi connectivity index (χ3v) is 7.40. The summed E-state index contributed by atoms with van der Waals surface area (Å²) in [5.41, 5.74) is 0. The van der Waals surface area contributed by atoms with Crippen molar-refractivity contribution in [2.45, 2.75) is 98.0 Å². The van der Waals surface area contributed by atoms with Gasteiger partial charge in [-0.3, -0.25) is 9.80 Å². The Labute approximate surface area is 256 Å². The van der Waals surface area contributed by atoms with E-state index in [9.17, 15) is 116 Å². The molecule has 0 heterocycles. The molecule has 0 saturated heterocycles. The SMILES string of the molecule is CC1CCC(N(CC(F)(F)C(F)(F)C(F)(F)C(F)(F)C(F)(F)F)C(=O)O)CC1N(CC(F)(F)C(F)(F)C(F)(F)C(F)(F)C(F)(F)F)C(=O)O. The number of nitrogens with zero attached hydrogens (tertiary/aromatic N) is 2. The van der Waals surface area contributed by atoms with Gasteiger partial charge in [0.15, 0.2) is 0 Å². The Morgan fingerprint density at radius 1 is 0.510 bits per heavy atom. The predicted octanol–water partition coefficient (Wildman–Crippen LogP) is 8.71. The molecule has 0 aromatic heterocycles. The lowest BCUT2D eigenvalue weighted by Gasteiger charge is -2.46. The van der Waals surface area contributed by atoms with Gasteiger partial charge in [-0.25, -0.2) is 9.59 Å². The van der Waals surface area contributed by atoms with E-state index in [1.165, 1.54) is 0 Å². The average molecular weight is 780 g/mol. The van der Waals surface area contributed by atoms with Gasteiger partial charge in [-0.15, -0.1) is 0 Å². The van der Waals surface area contributed by atoms with E-state index < -0.39 is 132 Å². The van der Waals surface area contributed by atoms with E-state index in [1.807, 2.05) is 0 Å². The maximum atomic E-state index is 14.4. The number of carbonyl (C=O) groups is 2. The van der Waals surface area contributed by atoms with Crippen LogP contribution in [-0.2, 0) is 0 Å². The molecule has 1 saturated carbocycles. The minimum atomic E-state index is -8.02. The molecule has 3 unspecified atom stereocenters. The van der Waals surface area contributed by atoms with Gasteiger partial charge in [0.25, 0.3) is 0 Å². The van der Waals surface area contributed by atoms with E-state index in [2.05, 4.69) is 0 Å². The molecule has 290 valence electrons. The summed E-state index contributed by atoms with van der Waals surface area (Å²) in [6.45, 7) is -6.11. The highest BCUT2D eigenvalue weighted by atomic mass is 19.4. The second-order valence-electron chi connectivity index (χ2n) is 10.7. The lowest BCUT2D eigenvalue weighted by Crippen LogP contribution is -2.69. The third-order valence-electron chi connectivity index (χ3n) is 7.40. The molecule has 2 N–H and O–H groups in total. The molecule has 1 fully saturated rings. The zero-order valence-corrected chi connectivity index (χ0v) is 23.2. The lowest BCUT2D eigenvalue weighted by atomic mass is 9.81. The molecule has 3 atom stereocenters. The van der Waals surface area contributed by atoms with Crippen LogP contribution in [0, 0.1) is 5.92 Å². The van der Waals surface area contributed by atoms with Crippen molar-refractivity contribution in [1.29, 1.82) is 0 Å². The van der Waals surface area contributed by atoms with Crippen LogP contribution in [0.3, 0.4) is 0 Å². The Kier molecular flexibility index (Phi) is 11.4. The topological polar surface area (TPSA) is 81.1 Å². The zero-order valence-electron chi connectivity index (χ0n) is 23.2. The maximum absolute atomic E-state index is 14.4. The third kappa shape index (κ3) is 7.13. The van der Waals surface area contributed by atoms with E-state index >= 15 is 0 Å². The molecule has 0 aliphatic heterocycles. The van der Waals surface area contributed by atoms with Crippen LogP contribution >= 0.6 is 0 Å². The maximum Gasteiger partial charge on any atom is 0.460 e. The van der Waals surface area contributed by atoms with Gasteiger partial charge >= 0.3 is 71.9 Å². The van der Waals surface area contributed by atoms with Crippen molar-refractivity contribution in [3.8, 4) is 0 Å². The largest absolute Gasteiger partial charge is 0.465 e. The van der Waals surface area contributed by atoms with Gasteiger partial charge in [0.2, 0.25) is 0 Å². The zero-order chi connectivity index (χ0) is 39.6. The molecular weight excluding hydrogens is 762 g/mol. The van der Waals surface area contributed by atoms with Crippen LogP contribution < -0.4 is 0 Å². The van der Waals surface area contributed by atoms with Gasteiger partial charge in [0.1, 0.15) is 0 Å². The van der Waals surface area contributed by atoms with Gasteiger partial charge in [-0.1, -0.05) is 6.92 Å². The first-order chi connectivity index (χ1) is 21.2. The van der Waals surface area contributed by atoms with Gasteiger partial charge in [-0.05, 0) is 25.2 Å². The second kappa shape index (κ2) is 12.6. The number of alkyl halides is 22. The fraction of sp³-hybridized carbons (Fsp3) is 0.905. The fourth-order valence-electron chi connectivity index (χ4n) is 4.51. The molecule has 0 spiro atoms. The van der Waals surface area contributed by atoms with Crippen molar-refractivity contribution >= 4 is 12.2 Å². The fourth-order valence-corrected chi connectivity index (χ4v) is 4.51. The van der Waals surface area contributed by atoms with Gasteiger partial charge in [0.05, 0.1) is 13.1 Å². The van der Waals surface area contributed by atoms with Crippen LogP contribution in [0.5, 0.6) is 0 Å². The smallest absolute Gasteiger partial charge is 0.460 e. The van der Waals surface area contributed by atoms with Crippen LogP contribution in [0.15, 0.2) is 0 Å². The molecule has 6 nitrogen and oxygen atoms in total. The predicted molar refractivity (Wildman–Crippen MR) is 112 cm³/mol. The first kappa shape index (κ1) is 44.0. The molecule has 28 heteroatoms. The molecule has 0 radical (unpaired) electrons. The van der Waals surface area contributed by atoms with E-state index in [-0.39, 0.29) is 0 Å². The molecule has 0 bridgehead atoms. The average Bonchev–Trinajstić information content (AvgIpc) is 2.88. The Bertz CT molecular complexity index is 1220. The molecule has 2 amide bonds. The van der Waals surface area contributed by atoms with Crippen LogP contribution in [0.2, 0.25) is 0 Å². The summed E-state index contributed by atoms with van der Waals surface area (Å²) in [5.74, 6) is -62.8. The standard InChI is InChI=1S/C21H18F22N2O4/c1-7-2-3-8(44(10(46)47)5-12(22,23)14(26,27)16(30,31)18(34,35)20(38,39)40)4-9(7)45(11(48)49)6-13(24,25)15(28,29)17(32,33)19(36,37)21(41,42)43/h7-9H,2-6H2,1H3,(H,46,47)(H,48,49). The Morgan fingerprint density at radius 3 is 1.10 bits per heavy atom. The summed E-state index contributed by atoms with van der Waals surface area (Å²) in [6.07, 6.45) is -24.7. The number of amides is 2.